The van der Waals surface area contributed by atoms with Crippen molar-refractivity contribution in [3.05, 3.63) is 0 Å². The molecule has 7 heteroatoms. The van der Waals surface area contributed by atoms with E-state index in [0.29, 0.717) is 6.42 Å². The monoisotopic (exact) mass is 266 g/mol. The highest BCUT2D eigenvalue weighted by Crippen LogP contribution is 2.03. The molecule has 0 aliphatic rings. The smallest absolute Gasteiger partial charge is 0.266 e. The van der Waals surface area contributed by atoms with Gasteiger partial charge >= 0.3 is 0 Å². The molecule has 1 atom stereocenters. The lowest BCUT2D eigenvalue weighted by Gasteiger charge is -2.11. The highest BCUT2D eigenvalue weighted by Gasteiger charge is 2.13. The van der Waals surface area contributed by atoms with Crippen molar-refractivity contribution in [2.24, 2.45) is 5.73 Å². The molecule has 0 saturated carbocycles. The Hall–Kier alpha value is -0.500. The molecular weight excluding hydrogens is 244 g/mol. The number of carbonyl (C=O) groups is 1. The number of rotatable bonds is 10. The fourth-order valence-corrected chi connectivity index (χ4v) is 1.71. The predicted molar refractivity (Wildman–Crippen MR) is 66.2 cm³/mol. The van der Waals surface area contributed by atoms with Crippen LogP contribution in [0.1, 0.15) is 39.0 Å². The minimum atomic E-state index is -4.00. The first-order chi connectivity index (χ1) is 7.87. The van der Waals surface area contributed by atoms with Gasteiger partial charge in [0.25, 0.3) is 10.1 Å². The molecular formula is C10H22N2O4S. The van der Waals surface area contributed by atoms with Gasteiger partial charge in [0.05, 0.1) is 5.75 Å². The maximum Gasteiger partial charge on any atom is 0.266 e. The standard InChI is InChI=1S/C10H22N2O4S/c1-2-3-4-5-6-9(13)10(11)12-7-8-17(14,15)16/h10,12H,2-8,11H2,1H3,(H,14,15,16). The van der Waals surface area contributed by atoms with Gasteiger partial charge in [-0.15, -0.1) is 0 Å². The summed E-state index contributed by atoms with van der Waals surface area (Å²) < 4.78 is 29.3. The lowest BCUT2D eigenvalue weighted by Crippen LogP contribution is -2.45. The van der Waals surface area contributed by atoms with E-state index in [9.17, 15) is 13.2 Å². The minimum absolute atomic E-state index is 0.0271. The zero-order valence-corrected chi connectivity index (χ0v) is 11.0. The average molecular weight is 266 g/mol. The number of ketones is 1. The van der Waals surface area contributed by atoms with E-state index in [4.69, 9.17) is 10.3 Å². The highest BCUT2D eigenvalue weighted by atomic mass is 32.2. The van der Waals surface area contributed by atoms with E-state index in [-0.39, 0.29) is 12.3 Å². The fourth-order valence-electron chi connectivity index (χ4n) is 1.34. The van der Waals surface area contributed by atoms with Crippen LogP contribution in [0, 0.1) is 0 Å². The maximum atomic E-state index is 11.5. The van der Waals surface area contributed by atoms with Crippen molar-refractivity contribution in [3.63, 3.8) is 0 Å². The van der Waals surface area contributed by atoms with E-state index in [1.807, 2.05) is 0 Å². The molecule has 0 amide bonds. The lowest BCUT2D eigenvalue weighted by molar-refractivity contribution is -0.121. The molecule has 0 saturated heterocycles. The van der Waals surface area contributed by atoms with Crippen LogP contribution in [0.4, 0.5) is 0 Å². The summed E-state index contributed by atoms with van der Waals surface area (Å²) in [4.78, 5) is 11.5. The predicted octanol–water partition coefficient (Wildman–Crippen LogP) is 0.288. The number of unbranched alkanes of at least 4 members (excludes halogenated alkanes) is 3. The van der Waals surface area contributed by atoms with Crippen molar-refractivity contribution >= 4 is 15.9 Å². The second-order valence-corrected chi connectivity index (χ2v) is 5.57. The number of nitrogens with two attached hydrogens (primary N) is 1. The second-order valence-electron chi connectivity index (χ2n) is 3.99. The Morgan fingerprint density at radius 2 is 2.00 bits per heavy atom. The number of nitrogens with one attached hydrogen (secondary N) is 1. The third-order valence-electron chi connectivity index (χ3n) is 2.35. The van der Waals surface area contributed by atoms with E-state index in [0.717, 1.165) is 25.7 Å². The van der Waals surface area contributed by atoms with Gasteiger partial charge in [-0.2, -0.15) is 8.42 Å². The summed E-state index contributed by atoms with van der Waals surface area (Å²) in [7, 11) is -4.00. The van der Waals surface area contributed by atoms with E-state index < -0.39 is 22.0 Å². The van der Waals surface area contributed by atoms with Crippen LogP contribution in [0.2, 0.25) is 0 Å². The molecule has 0 aromatic rings. The van der Waals surface area contributed by atoms with E-state index in [1.165, 1.54) is 0 Å². The Morgan fingerprint density at radius 1 is 1.35 bits per heavy atom. The molecule has 0 aliphatic heterocycles. The van der Waals surface area contributed by atoms with Crippen molar-refractivity contribution in [1.29, 1.82) is 0 Å². The van der Waals surface area contributed by atoms with Gasteiger partial charge in [0, 0.05) is 13.0 Å². The summed E-state index contributed by atoms with van der Waals surface area (Å²) >= 11 is 0. The number of Topliss-reactive ketones (excluding diaryl/α,β-unsaturated/α-hetero) is 1. The second kappa shape index (κ2) is 8.57. The number of hydrogen-bond donors (Lipinski definition) is 3. The van der Waals surface area contributed by atoms with Crippen molar-refractivity contribution in [2.75, 3.05) is 12.3 Å². The van der Waals surface area contributed by atoms with Crippen LogP contribution < -0.4 is 11.1 Å². The van der Waals surface area contributed by atoms with Crippen molar-refractivity contribution in [2.45, 2.75) is 45.2 Å². The van der Waals surface area contributed by atoms with Gasteiger partial charge in [0.15, 0.2) is 5.78 Å². The quantitative estimate of drug-likeness (QED) is 0.298. The molecule has 1 unspecified atom stereocenters. The summed E-state index contributed by atoms with van der Waals surface area (Å²) in [5.41, 5.74) is 5.52. The molecule has 0 bridgehead atoms. The minimum Gasteiger partial charge on any atom is -0.310 e. The molecule has 0 radical (unpaired) electrons. The van der Waals surface area contributed by atoms with Gasteiger partial charge in [-0.05, 0) is 6.42 Å². The van der Waals surface area contributed by atoms with Gasteiger partial charge < -0.3 is 5.73 Å². The van der Waals surface area contributed by atoms with Gasteiger partial charge in [-0.1, -0.05) is 26.2 Å². The summed E-state index contributed by atoms with van der Waals surface area (Å²) in [5, 5.41) is 2.57. The Labute approximate surface area is 103 Å². The van der Waals surface area contributed by atoms with Crippen molar-refractivity contribution in [3.8, 4) is 0 Å². The Balaban J connectivity index is 3.67. The highest BCUT2D eigenvalue weighted by molar-refractivity contribution is 7.85. The van der Waals surface area contributed by atoms with Crippen LogP contribution in [-0.2, 0) is 14.9 Å². The summed E-state index contributed by atoms with van der Waals surface area (Å²) in [6, 6.07) is 0. The topological polar surface area (TPSA) is 109 Å². The van der Waals surface area contributed by atoms with Gasteiger partial charge in [0.2, 0.25) is 0 Å². The zero-order chi connectivity index (χ0) is 13.3. The lowest BCUT2D eigenvalue weighted by atomic mass is 10.1. The molecule has 102 valence electrons. The number of hydrogen-bond acceptors (Lipinski definition) is 5. The third kappa shape index (κ3) is 10.4. The fraction of sp³-hybridized carbons (Fsp3) is 0.900. The molecule has 0 aromatic carbocycles. The average Bonchev–Trinajstić information content (AvgIpc) is 2.22. The Kier molecular flexibility index (Phi) is 8.32. The molecule has 0 aromatic heterocycles. The molecule has 0 aliphatic carbocycles. The van der Waals surface area contributed by atoms with Crippen LogP contribution in [-0.4, -0.2) is 37.2 Å². The largest absolute Gasteiger partial charge is 0.310 e. The first-order valence-corrected chi connectivity index (χ1v) is 7.44. The van der Waals surface area contributed by atoms with E-state index >= 15 is 0 Å². The van der Waals surface area contributed by atoms with Gasteiger partial charge in [0.1, 0.15) is 6.17 Å². The van der Waals surface area contributed by atoms with Gasteiger partial charge in [-0.3, -0.25) is 14.7 Å². The van der Waals surface area contributed by atoms with Crippen LogP contribution in [0.5, 0.6) is 0 Å². The van der Waals surface area contributed by atoms with Crippen LogP contribution in [0.3, 0.4) is 0 Å². The molecule has 17 heavy (non-hydrogen) atoms. The van der Waals surface area contributed by atoms with E-state index in [1.54, 1.807) is 0 Å². The summed E-state index contributed by atoms with van der Waals surface area (Å²) in [6.07, 6.45) is 3.56. The summed E-state index contributed by atoms with van der Waals surface area (Å²) in [5.74, 6) is -0.569. The third-order valence-corrected chi connectivity index (χ3v) is 3.07. The SMILES string of the molecule is CCCCCCC(=O)C(N)NCCS(=O)(=O)O. The van der Waals surface area contributed by atoms with E-state index in [2.05, 4.69) is 12.2 Å². The van der Waals surface area contributed by atoms with Crippen LogP contribution in [0.25, 0.3) is 0 Å². The summed E-state index contributed by atoms with van der Waals surface area (Å²) in [6.45, 7) is 2.06. The molecule has 4 N–H and O–H groups in total. The van der Waals surface area contributed by atoms with Gasteiger partial charge in [-0.25, -0.2) is 0 Å². The molecule has 6 nitrogen and oxygen atoms in total. The molecule has 0 heterocycles. The zero-order valence-electron chi connectivity index (χ0n) is 10.2. The molecule has 0 fully saturated rings. The normalized spacial score (nSPS) is 13.6. The molecule has 0 rings (SSSR count). The van der Waals surface area contributed by atoms with Crippen molar-refractivity contribution in [1.82, 2.24) is 5.32 Å². The Morgan fingerprint density at radius 3 is 2.53 bits per heavy atom. The van der Waals surface area contributed by atoms with Crippen LogP contribution in [0.15, 0.2) is 0 Å². The van der Waals surface area contributed by atoms with Crippen molar-refractivity contribution < 1.29 is 17.8 Å². The first-order valence-electron chi connectivity index (χ1n) is 5.83. The Bertz CT molecular complexity index is 316. The first kappa shape index (κ1) is 16.5. The number of carbonyl (C=O) groups excluding carboxylic acids is 1. The van der Waals surface area contributed by atoms with Crippen LogP contribution >= 0.6 is 0 Å². The maximum absolute atomic E-state index is 11.5. The molecule has 0 spiro atoms.